The fourth-order valence-electron chi connectivity index (χ4n) is 4.61. The molecule has 0 heterocycles. The lowest BCUT2D eigenvalue weighted by Gasteiger charge is -2.38. The molecule has 5 heteroatoms. The van der Waals surface area contributed by atoms with E-state index < -0.39 is 11.8 Å². The molecule has 0 radical (unpaired) electrons. The number of rotatable bonds is 14. The quantitative estimate of drug-likeness (QED) is 0.360. The average Bonchev–Trinajstić information content (AvgIpc) is 3.22. The Bertz CT molecular complexity index is 829. The second-order valence-electron chi connectivity index (χ2n) is 10.2. The summed E-state index contributed by atoms with van der Waals surface area (Å²) in [5, 5.41) is 14.4. The van der Waals surface area contributed by atoms with E-state index in [2.05, 4.69) is 50.4 Å². The van der Waals surface area contributed by atoms with Crippen LogP contribution in [0.3, 0.4) is 0 Å². The topological polar surface area (TPSA) is 60.0 Å². The molecule has 0 bridgehead atoms. The van der Waals surface area contributed by atoms with Crippen molar-refractivity contribution < 1.29 is 19.3 Å². The maximum Gasteiger partial charge on any atom is 0.148 e. The van der Waals surface area contributed by atoms with Crippen LogP contribution in [-0.4, -0.2) is 42.8 Å². The van der Waals surface area contributed by atoms with Crippen LogP contribution in [0.5, 0.6) is 0 Å². The van der Waals surface area contributed by atoms with E-state index in [1.54, 1.807) is 0 Å². The van der Waals surface area contributed by atoms with Crippen LogP contribution < -0.4 is 5.32 Å². The summed E-state index contributed by atoms with van der Waals surface area (Å²) in [5.41, 5.74) is 1.37. The van der Waals surface area contributed by atoms with E-state index >= 15 is 0 Å². The second kappa shape index (κ2) is 12.8. The molecule has 1 aliphatic carbocycles. The van der Waals surface area contributed by atoms with Gasteiger partial charge in [-0.2, -0.15) is 0 Å². The van der Waals surface area contributed by atoms with Crippen LogP contribution in [-0.2, 0) is 27.4 Å². The molecule has 1 unspecified atom stereocenters. The lowest BCUT2D eigenvalue weighted by Crippen LogP contribution is -2.54. The molecular weight excluding hydrogens is 426 g/mol. The Labute approximate surface area is 205 Å². The first-order valence-corrected chi connectivity index (χ1v) is 12.7. The maximum absolute atomic E-state index is 11.0. The molecule has 0 saturated heterocycles. The number of hydrogen-bond acceptors (Lipinski definition) is 5. The molecule has 0 aliphatic heterocycles. The molecule has 0 amide bonds. The van der Waals surface area contributed by atoms with Gasteiger partial charge >= 0.3 is 0 Å². The lowest BCUT2D eigenvalue weighted by molar-refractivity contribution is -0.174. The van der Waals surface area contributed by atoms with Crippen molar-refractivity contribution in [1.29, 1.82) is 0 Å². The van der Waals surface area contributed by atoms with Gasteiger partial charge < -0.3 is 19.3 Å². The Morgan fingerprint density at radius 3 is 2.15 bits per heavy atom. The Kier molecular flexibility index (Phi) is 10.1. The Hall–Kier alpha value is -1.76. The molecule has 5 nitrogen and oxygen atoms in total. The molecule has 1 aliphatic rings. The van der Waals surface area contributed by atoms with Crippen molar-refractivity contribution in [3.63, 3.8) is 0 Å². The minimum absolute atomic E-state index is 0.00123. The van der Waals surface area contributed by atoms with Crippen LogP contribution in [0, 0.1) is 5.41 Å². The molecule has 2 aromatic carbocycles. The minimum atomic E-state index is -0.710. The first-order valence-electron chi connectivity index (χ1n) is 12.7. The highest BCUT2D eigenvalue weighted by atomic mass is 16.6. The van der Waals surface area contributed by atoms with Gasteiger partial charge in [-0.15, -0.1) is 0 Å². The van der Waals surface area contributed by atoms with Gasteiger partial charge in [-0.05, 0) is 30.0 Å². The molecule has 4 atom stereocenters. The van der Waals surface area contributed by atoms with Gasteiger partial charge in [-0.3, -0.25) is 5.32 Å². The number of aliphatic hydroxyl groups is 1. The van der Waals surface area contributed by atoms with Gasteiger partial charge in [-0.25, -0.2) is 0 Å². The van der Waals surface area contributed by atoms with Gasteiger partial charge in [0.1, 0.15) is 11.8 Å². The lowest BCUT2D eigenvalue weighted by atomic mass is 9.82. The van der Waals surface area contributed by atoms with Gasteiger partial charge in [0.25, 0.3) is 0 Å². The summed E-state index contributed by atoms with van der Waals surface area (Å²) in [6.45, 7) is 7.74. The fraction of sp³-hybridized carbons (Fsp3) is 0.586. The van der Waals surface area contributed by atoms with Crippen molar-refractivity contribution >= 4 is 0 Å². The van der Waals surface area contributed by atoms with Crippen LogP contribution in [0.2, 0.25) is 0 Å². The largest absolute Gasteiger partial charge is 0.390 e. The number of benzene rings is 2. The molecule has 3 rings (SSSR count). The highest BCUT2D eigenvalue weighted by Crippen LogP contribution is 2.38. The molecule has 2 aromatic rings. The zero-order chi connectivity index (χ0) is 24.4. The van der Waals surface area contributed by atoms with Crippen molar-refractivity contribution in [3.8, 4) is 0 Å². The molecule has 1 fully saturated rings. The van der Waals surface area contributed by atoms with Gasteiger partial charge in [0.2, 0.25) is 0 Å². The fourth-order valence-corrected chi connectivity index (χ4v) is 4.61. The van der Waals surface area contributed by atoms with Crippen molar-refractivity contribution in [1.82, 2.24) is 5.32 Å². The predicted molar refractivity (Wildman–Crippen MR) is 136 cm³/mol. The number of hydrogen-bond donors (Lipinski definition) is 2. The second-order valence-corrected chi connectivity index (χ2v) is 10.2. The van der Waals surface area contributed by atoms with Crippen LogP contribution in [0.25, 0.3) is 0 Å². The third-order valence-electron chi connectivity index (χ3n) is 7.15. The standard InChI is InChI=1S/C29H43NO4/c1-5-6-17-28(2,3)26(31)22-34-29(30-4)19-25(32-20-23-13-9-7-10-14-23)18-27(29)33-21-24-15-11-8-12-16-24/h7-16,25-27,30-31H,5-6,17-22H2,1-4H3/t25-,26?,27+,29-/m1/s1. The zero-order valence-electron chi connectivity index (χ0n) is 21.3. The van der Waals surface area contributed by atoms with E-state index in [0.29, 0.717) is 19.6 Å². The smallest absolute Gasteiger partial charge is 0.148 e. The monoisotopic (exact) mass is 469 g/mol. The van der Waals surface area contributed by atoms with Crippen LogP contribution >= 0.6 is 0 Å². The highest BCUT2D eigenvalue weighted by molar-refractivity contribution is 5.14. The Balaban J connectivity index is 1.68. The normalized spacial score (nSPS) is 23.8. The molecule has 0 aromatic heterocycles. The van der Waals surface area contributed by atoms with Gasteiger partial charge in [0.05, 0.1) is 32.0 Å². The highest BCUT2D eigenvalue weighted by Gasteiger charge is 2.50. The molecular formula is C29H43NO4. The summed E-state index contributed by atoms with van der Waals surface area (Å²) in [4.78, 5) is 0. The van der Waals surface area contributed by atoms with Crippen molar-refractivity contribution in [2.45, 2.75) is 90.1 Å². The van der Waals surface area contributed by atoms with E-state index in [1.165, 1.54) is 0 Å². The van der Waals surface area contributed by atoms with Crippen LogP contribution in [0.1, 0.15) is 64.0 Å². The number of likely N-dealkylation sites (N-methyl/N-ethyl adjacent to an activating group) is 1. The first-order chi connectivity index (χ1) is 16.4. The van der Waals surface area contributed by atoms with E-state index in [0.717, 1.165) is 36.8 Å². The van der Waals surface area contributed by atoms with E-state index in [4.69, 9.17) is 14.2 Å². The molecule has 0 spiro atoms. The number of nitrogens with one attached hydrogen (secondary N) is 1. The van der Waals surface area contributed by atoms with Crippen molar-refractivity contribution in [2.75, 3.05) is 13.7 Å². The maximum atomic E-state index is 11.0. The zero-order valence-corrected chi connectivity index (χ0v) is 21.3. The predicted octanol–water partition coefficient (Wildman–Crippen LogP) is 5.46. The summed E-state index contributed by atoms with van der Waals surface area (Å²) in [6.07, 6.45) is 3.84. The summed E-state index contributed by atoms with van der Waals surface area (Å²) < 4.78 is 19.2. The minimum Gasteiger partial charge on any atom is -0.390 e. The van der Waals surface area contributed by atoms with Crippen LogP contribution in [0.15, 0.2) is 60.7 Å². The van der Waals surface area contributed by atoms with Crippen LogP contribution in [0.4, 0.5) is 0 Å². The summed E-state index contributed by atoms with van der Waals surface area (Å²) >= 11 is 0. The molecule has 2 N–H and O–H groups in total. The van der Waals surface area contributed by atoms with E-state index in [1.807, 2.05) is 43.4 Å². The van der Waals surface area contributed by atoms with E-state index in [-0.39, 0.29) is 24.2 Å². The summed E-state index contributed by atoms with van der Waals surface area (Å²) in [6, 6.07) is 20.4. The first kappa shape index (κ1) is 26.8. The summed E-state index contributed by atoms with van der Waals surface area (Å²) in [5.74, 6) is 0. The third-order valence-corrected chi connectivity index (χ3v) is 7.15. The SMILES string of the molecule is CCCCC(C)(C)C(O)CO[C@]1(NC)C[C@H](OCc2ccccc2)C[C@@H]1OCc1ccccc1. The van der Waals surface area contributed by atoms with Crippen molar-refractivity contribution in [3.05, 3.63) is 71.8 Å². The van der Waals surface area contributed by atoms with Crippen molar-refractivity contribution in [2.24, 2.45) is 5.41 Å². The molecule has 1 saturated carbocycles. The number of unbranched alkanes of at least 4 members (excludes halogenated alkanes) is 1. The number of ether oxygens (including phenoxy) is 3. The van der Waals surface area contributed by atoms with E-state index in [9.17, 15) is 5.11 Å². The molecule has 188 valence electrons. The van der Waals surface area contributed by atoms with Gasteiger partial charge in [-0.1, -0.05) is 94.3 Å². The van der Waals surface area contributed by atoms with Gasteiger partial charge in [0.15, 0.2) is 0 Å². The number of aliphatic hydroxyl groups excluding tert-OH is 1. The Morgan fingerprint density at radius 1 is 1.00 bits per heavy atom. The van der Waals surface area contributed by atoms with Gasteiger partial charge in [0, 0.05) is 12.8 Å². The third kappa shape index (κ3) is 7.37. The average molecular weight is 470 g/mol. The Morgan fingerprint density at radius 2 is 1.59 bits per heavy atom. The summed E-state index contributed by atoms with van der Waals surface area (Å²) in [7, 11) is 1.91. The molecule has 34 heavy (non-hydrogen) atoms.